The molecule has 150 valence electrons. The first-order valence-electron chi connectivity index (χ1n) is 9.41. The van der Waals surface area contributed by atoms with Crippen molar-refractivity contribution in [3.63, 3.8) is 0 Å². The summed E-state index contributed by atoms with van der Waals surface area (Å²) in [6.07, 6.45) is 3.38. The molecule has 2 rings (SSSR count). The van der Waals surface area contributed by atoms with Crippen molar-refractivity contribution in [2.75, 3.05) is 12.3 Å². The van der Waals surface area contributed by atoms with Gasteiger partial charge in [0.25, 0.3) is 0 Å². The molecule has 1 aromatic carbocycles. The fraction of sp³-hybridized carbons (Fsp3) is 0.600. The number of hydrogen-bond acceptors (Lipinski definition) is 6. The molecule has 0 bridgehead atoms. The van der Waals surface area contributed by atoms with E-state index in [9.17, 15) is 9.59 Å². The van der Waals surface area contributed by atoms with Gasteiger partial charge in [-0.05, 0) is 58.6 Å². The van der Waals surface area contributed by atoms with E-state index in [2.05, 4.69) is 5.32 Å². The van der Waals surface area contributed by atoms with E-state index in [1.165, 1.54) is 0 Å². The number of alkyl carbamates (subject to hydrolysis) is 1. The standard InChI is InChI=1S/C20H30N2O5/c1-20(2,3)27-19(24)22-17(18(23)26-15-8-4-5-9-15)11-12-25-16-10-6-7-14(21)13-16/h6-7,10,13,15,17H,4-5,8-9,11-12,21H2,1-3H3,(H,22,24)/t17-/m0/s1. The zero-order valence-electron chi connectivity index (χ0n) is 16.3. The third kappa shape index (κ3) is 7.76. The van der Waals surface area contributed by atoms with Crippen LogP contribution < -0.4 is 15.8 Å². The Labute approximate surface area is 160 Å². The van der Waals surface area contributed by atoms with E-state index in [1.807, 2.05) is 0 Å². The zero-order chi connectivity index (χ0) is 19.9. The summed E-state index contributed by atoms with van der Waals surface area (Å²) in [7, 11) is 0. The molecule has 1 saturated carbocycles. The van der Waals surface area contributed by atoms with Crippen LogP contribution in [0.1, 0.15) is 52.9 Å². The lowest BCUT2D eigenvalue weighted by Gasteiger charge is -2.24. The SMILES string of the molecule is CC(C)(C)OC(=O)N[C@@H](CCOc1cccc(N)c1)C(=O)OC1CCCC1. The number of carbonyl (C=O) groups excluding carboxylic acids is 2. The number of nitrogen functional groups attached to an aromatic ring is 1. The fourth-order valence-electron chi connectivity index (χ4n) is 2.85. The predicted molar refractivity (Wildman–Crippen MR) is 102 cm³/mol. The van der Waals surface area contributed by atoms with Gasteiger partial charge in [-0.1, -0.05) is 6.07 Å². The van der Waals surface area contributed by atoms with E-state index in [0.29, 0.717) is 11.4 Å². The Morgan fingerprint density at radius 1 is 1.26 bits per heavy atom. The van der Waals surface area contributed by atoms with Crippen LogP contribution in [-0.2, 0) is 14.3 Å². The van der Waals surface area contributed by atoms with Gasteiger partial charge in [0.1, 0.15) is 23.5 Å². The van der Waals surface area contributed by atoms with Gasteiger partial charge in [0.15, 0.2) is 0 Å². The molecule has 1 aliphatic rings. The first-order chi connectivity index (χ1) is 12.7. The van der Waals surface area contributed by atoms with Crippen molar-refractivity contribution in [2.24, 2.45) is 0 Å². The summed E-state index contributed by atoms with van der Waals surface area (Å²) in [4.78, 5) is 24.6. The smallest absolute Gasteiger partial charge is 0.408 e. The lowest BCUT2D eigenvalue weighted by atomic mass is 10.2. The summed E-state index contributed by atoms with van der Waals surface area (Å²) < 4.78 is 16.4. The topological polar surface area (TPSA) is 99.9 Å². The second kappa shape index (κ2) is 9.48. The van der Waals surface area contributed by atoms with E-state index in [-0.39, 0.29) is 19.1 Å². The second-order valence-electron chi connectivity index (χ2n) is 7.75. The minimum Gasteiger partial charge on any atom is -0.493 e. The molecule has 7 heteroatoms. The maximum absolute atomic E-state index is 12.5. The average Bonchev–Trinajstić information content (AvgIpc) is 3.05. The Balaban J connectivity index is 1.92. The number of anilines is 1. The third-order valence-corrected chi connectivity index (χ3v) is 4.09. The summed E-state index contributed by atoms with van der Waals surface area (Å²) in [5, 5.41) is 2.60. The van der Waals surface area contributed by atoms with Crippen LogP contribution in [0.3, 0.4) is 0 Å². The van der Waals surface area contributed by atoms with Crippen LogP contribution in [-0.4, -0.2) is 36.4 Å². The highest BCUT2D eigenvalue weighted by Crippen LogP contribution is 2.22. The van der Waals surface area contributed by atoms with Crippen LogP contribution in [0.15, 0.2) is 24.3 Å². The summed E-state index contributed by atoms with van der Waals surface area (Å²) in [6.45, 7) is 5.52. The van der Waals surface area contributed by atoms with Crippen LogP contribution in [0.5, 0.6) is 5.75 Å². The number of benzene rings is 1. The van der Waals surface area contributed by atoms with Gasteiger partial charge in [-0.2, -0.15) is 0 Å². The van der Waals surface area contributed by atoms with Crippen molar-refractivity contribution in [2.45, 2.75) is 70.6 Å². The van der Waals surface area contributed by atoms with Gasteiger partial charge in [0, 0.05) is 18.2 Å². The molecule has 1 aromatic rings. The van der Waals surface area contributed by atoms with Crippen molar-refractivity contribution in [1.82, 2.24) is 5.32 Å². The highest BCUT2D eigenvalue weighted by atomic mass is 16.6. The molecule has 27 heavy (non-hydrogen) atoms. The predicted octanol–water partition coefficient (Wildman–Crippen LogP) is 3.42. The Bertz CT molecular complexity index is 636. The monoisotopic (exact) mass is 378 g/mol. The number of nitrogens with two attached hydrogens (primary N) is 1. The van der Waals surface area contributed by atoms with Gasteiger partial charge in [0.2, 0.25) is 0 Å². The van der Waals surface area contributed by atoms with Crippen molar-refractivity contribution in [1.29, 1.82) is 0 Å². The Hall–Kier alpha value is -2.44. The van der Waals surface area contributed by atoms with E-state index in [4.69, 9.17) is 19.9 Å². The number of rotatable bonds is 7. The van der Waals surface area contributed by atoms with Gasteiger partial charge >= 0.3 is 12.1 Å². The first-order valence-corrected chi connectivity index (χ1v) is 9.41. The van der Waals surface area contributed by atoms with Crippen LogP contribution >= 0.6 is 0 Å². The normalized spacial score (nSPS) is 15.8. The number of carbonyl (C=O) groups is 2. The maximum Gasteiger partial charge on any atom is 0.408 e. The van der Waals surface area contributed by atoms with Crippen LogP contribution in [0.4, 0.5) is 10.5 Å². The van der Waals surface area contributed by atoms with Gasteiger partial charge in [-0.25, -0.2) is 9.59 Å². The number of hydrogen-bond donors (Lipinski definition) is 2. The van der Waals surface area contributed by atoms with E-state index in [1.54, 1.807) is 45.0 Å². The molecule has 1 amide bonds. The summed E-state index contributed by atoms with van der Waals surface area (Å²) in [6, 6.07) is 6.20. The Morgan fingerprint density at radius 3 is 2.59 bits per heavy atom. The van der Waals surface area contributed by atoms with E-state index >= 15 is 0 Å². The lowest BCUT2D eigenvalue weighted by Crippen LogP contribution is -2.45. The molecule has 3 N–H and O–H groups in total. The molecule has 0 saturated heterocycles. The van der Waals surface area contributed by atoms with Crippen molar-refractivity contribution >= 4 is 17.7 Å². The molecule has 0 unspecified atom stereocenters. The van der Waals surface area contributed by atoms with E-state index in [0.717, 1.165) is 25.7 Å². The molecule has 0 heterocycles. The van der Waals surface area contributed by atoms with Crippen LogP contribution in [0.2, 0.25) is 0 Å². The summed E-state index contributed by atoms with van der Waals surface area (Å²) >= 11 is 0. The first kappa shape index (κ1) is 20.9. The molecule has 0 aromatic heterocycles. The number of ether oxygens (including phenoxy) is 3. The number of amides is 1. The van der Waals surface area contributed by atoms with Crippen molar-refractivity contribution < 1.29 is 23.8 Å². The molecule has 1 atom stereocenters. The highest BCUT2D eigenvalue weighted by molar-refractivity contribution is 5.81. The minimum absolute atomic E-state index is 0.0738. The molecular weight excluding hydrogens is 348 g/mol. The summed E-state index contributed by atoms with van der Waals surface area (Å²) in [5.41, 5.74) is 5.67. The molecule has 0 radical (unpaired) electrons. The third-order valence-electron chi connectivity index (χ3n) is 4.09. The molecule has 0 spiro atoms. The molecular formula is C20H30N2O5. The quantitative estimate of drug-likeness (QED) is 0.557. The zero-order valence-corrected chi connectivity index (χ0v) is 16.3. The number of esters is 1. The Morgan fingerprint density at radius 2 is 1.96 bits per heavy atom. The van der Waals surface area contributed by atoms with Crippen LogP contribution in [0, 0.1) is 0 Å². The van der Waals surface area contributed by atoms with Gasteiger partial charge in [-0.3, -0.25) is 0 Å². The lowest BCUT2D eigenvalue weighted by molar-refractivity contribution is -0.151. The fourth-order valence-corrected chi connectivity index (χ4v) is 2.85. The largest absolute Gasteiger partial charge is 0.493 e. The minimum atomic E-state index is -0.832. The van der Waals surface area contributed by atoms with Gasteiger partial charge in [0.05, 0.1) is 6.61 Å². The van der Waals surface area contributed by atoms with Crippen molar-refractivity contribution in [3.8, 4) is 5.75 Å². The average molecular weight is 378 g/mol. The molecule has 0 aliphatic heterocycles. The van der Waals surface area contributed by atoms with Gasteiger partial charge < -0.3 is 25.3 Å². The molecule has 1 fully saturated rings. The summed E-state index contributed by atoms with van der Waals surface area (Å²) in [5.74, 6) is 0.152. The number of nitrogens with one attached hydrogen (secondary N) is 1. The highest BCUT2D eigenvalue weighted by Gasteiger charge is 2.28. The van der Waals surface area contributed by atoms with Crippen molar-refractivity contribution in [3.05, 3.63) is 24.3 Å². The van der Waals surface area contributed by atoms with Crippen LogP contribution in [0.25, 0.3) is 0 Å². The van der Waals surface area contributed by atoms with E-state index < -0.39 is 23.7 Å². The Kier molecular flexibility index (Phi) is 7.33. The maximum atomic E-state index is 12.5. The molecule has 7 nitrogen and oxygen atoms in total. The second-order valence-corrected chi connectivity index (χ2v) is 7.75. The van der Waals surface area contributed by atoms with Gasteiger partial charge in [-0.15, -0.1) is 0 Å². The molecule has 1 aliphatic carbocycles.